The summed E-state index contributed by atoms with van der Waals surface area (Å²) >= 11 is 0. The first kappa shape index (κ1) is 21.4. The molecular weight excluding hydrogens is 387 g/mol. The van der Waals surface area contributed by atoms with Gasteiger partial charge >= 0.3 is 0 Å². The number of benzene rings is 3. The Labute approximate surface area is 174 Å². The summed E-state index contributed by atoms with van der Waals surface area (Å²) in [4.78, 5) is 0. The van der Waals surface area contributed by atoms with E-state index < -0.39 is 23.2 Å². The molecule has 0 aliphatic carbocycles. The predicted molar refractivity (Wildman–Crippen MR) is 110 cm³/mol. The van der Waals surface area contributed by atoms with Crippen LogP contribution in [0, 0.1) is 28.8 Å². The van der Waals surface area contributed by atoms with Gasteiger partial charge in [0, 0.05) is 5.56 Å². The Morgan fingerprint density at radius 2 is 1.57 bits per heavy atom. The minimum atomic E-state index is -1.48. The molecule has 0 unspecified atom stereocenters. The van der Waals surface area contributed by atoms with Crippen molar-refractivity contribution < 1.29 is 18.3 Å². The Bertz CT molecular complexity index is 1110. The Morgan fingerprint density at radius 1 is 0.900 bits per heavy atom. The van der Waals surface area contributed by atoms with E-state index in [1.165, 1.54) is 12.1 Å². The Hall–Kier alpha value is -3.26. The lowest BCUT2D eigenvalue weighted by atomic mass is 9.87. The molecule has 0 aliphatic heterocycles. The van der Waals surface area contributed by atoms with Crippen molar-refractivity contribution in [3.8, 4) is 34.1 Å². The van der Waals surface area contributed by atoms with E-state index in [9.17, 15) is 18.3 Å². The van der Waals surface area contributed by atoms with Crippen LogP contribution >= 0.6 is 0 Å². The summed E-state index contributed by atoms with van der Waals surface area (Å²) < 4.78 is 43.3. The van der Waals surface area contributed by atoms with Gasteiger partial charge in [0.05, 0.1) is 5.56 Å². The number of aryl methyl sites for hydroxylation is 1. The molecule has 30 heavy (non-hydrogen) atoms. The number of unbranched alkanes of at least 4 members (excludes halogenated alkanes) is 1. The molecule has 5 heteroatoms. The zero-order chi connectivity index (χ0) is 21.8. The molecule has 0 bridgehead atoms. The van der Waals surface area contributed by atoms with E-state index in [1.807, 2.05) is 12.1 Å². The minimum Gasteiger partial charge on any atom is -0.286 e. The van der Waals surface area contributed by atoms with E-state index >= 15 is 0 Å². The molecule has 3 aromatic rings. The molecule has 2 nitrogen and oxygen atoms in total. The molecule has 3 rings (SSSR count). The van der Waals surface area contributed by atoms with Crippen molar-refractivity contribution in [3.63, 3.8) is 0 Å². The Kier molecular flexibility index (Phi) is 6.47. The van der Waals surface area contributed by atoms with E-state index in [4.69, 9.17) is 5.26 Å². The molecule has 0 aliphatic rings. The second-order valence-electron chi connectivity index (χ2n) is 7.15. The summed E-state index contributed by atoms with van der Waals surface area (Å²) in [7, 11) is 0. The number of rotatable bonds is 6. The molecule has 0 heterocycles. The standard InChI is InChI=1S/C25H21F3NO/c1-3-5-6-15-7-9-16(10-8-15)21-19(4-2)23(27)24(28)25(30)22(21)17-11-12-18(14-29)20(26)13-17/h7-13H,3-6H2,1-2H3. The highest BCUT2D eigenvalue weighted by Gasteiger charge is 2.27. The molecule has 0 saturated carbocycles. The fourth-order valence-electron chi connectivity index (χ4n) is 3.62. The fraction of sp³-hybridized carbons (Fsp3) is 0.240. The lowest BCUT2D eigenvalue weighted by Crippen LogP contribution is -2.02. The molecule has 0 amide bonds. The monoisotopic (exact) mass is 408 g/mol. The van der Waals surface area contributed by atoms with E-state index in [2.05, 4.69) is 6.92 Å². The van der Waals surface area contributed by atoms with Crippen molar-refractivity contribution in [2.24, 2.45) is 0 Å². The summed E-state index contributed by atoms with van der Waals surface area (Å²) in [6.07, 6.45) is 3.14. The summed E-state index contributed by atoms with van der Waals surface area (Å²) in [5, 5.41) is 21.7. The van der Waals surface area contributed by atoms with Gasteiger partial charge in [0.1, 0.15) is 11.9 Å². The van der Waals surface area contributed by atoms with Crippen LogP contribution in [0.15, 0.2) is 42.5 Å². The third-order valence-corrected chi connectivity index (χ3v) is 5.23. The zero-order valence-electron chi connectivity index (χ0n) is 16.9. The van der Waals surface area contributed by atoms with Crippen LogP contribution in [0.1, 0.15) is 43.4 Å². The summed E-state index contributed by atoms with van der Waals surface area (Å²) in [6.45, 7) is 3.77. The molecule has 153 valence electrons. The summed E-state index contributed by atoms with van der Waals surface area (Å²) in [5.74, 6) is -4.60. The first-order valence-electron chi connectivity index (χ1n) is 9.93. The number of nitriles is 1. The van der Waals surface area contributed by atoms with Crippen LogP contribution in [-0.2, 0) is 17.9 Å². The van der Waals surface area contributed by atoms with Crippen molar-refractivity contribution in [1.82, 2.24) is 0 Å². The molecular formula is C25H21F3NO. The average Bonchev–Trinajstić information content (AvgIpc) is 2.76. The maximum Gasteiger partial charge on any atom is 0.225 e. The number of hydrogen-bond acceptors (Lipinski definition) is 1. The topological polar surface area (TPSA) is 43.7 Å². The molecule has 0 atom stereocenters. The Morgan fingerprint density at radius 3 is 2.13 bits per heavy atom. The minimum absolute atomic E-state index is 0.0631. The van der Waals surface area contributed by atoms with E-state index in [0.717, 1.165) is 30.9 Å². The molecule has 3 aromatic carbocycles. The lowest BCUT2D eigenvalue weighted by molar-refractivity contribution is 0.321. The number of halogens is 3. The van der Waals surface area contributed by atoms with Crippen molar-refractivity contribution >= 4 is 0 Å². The second kappa shape index (κ2) is 9.04. The Balaban J connectivity index is 2.28. The SMILES string of the molecule is CCCCc1ccc(-c2c(CC)c(F)c(F)c([O])c2-c2ccc(C#N)c(F)c2)cc1. The molecule has 1 radical (unpaired) electrons. The quantitative estimate of drug-likeness (QED) is 0.420. The summed E-state index contributed by atoms with van der Waals surface area (Å²) in [6, 6.07) is 12.7. The van der Waals surface area contributed by atoms with Crippen LogP contribution in [0.5, 0.6) is 5.75 Å². The van der Waals surface area contributed by atoms with Gasteiger partial charge in [-0.15, -0.1) is 0 Å². The van der Waals surface area contributed by atoms with Crippen LogP contribution in [0.4, 0.5) is 13.2 Å². The molecule has 0 fully saturated rings. The van der Waals surface area contributed by atoms with Crippen LogP contribution in [0.25, 0.3) is 22.3 Å². The van der Waals surface area contributed by atoms with Gasteiger partial charge in [-0.05, 0) is 59.2 Å². The maximum absolute atomic E-state index is 14.7. The first-order valence-corrected chi connectivity index (χ1v) is 9.93. The normalized spacial score (nSPS) is 10.8. The van der Waals surface area contributed by atoms with Crippen LogP contribution in [0.3, 0.4) is 0 Å². The largest absolute Gasteiger partial charge is 0.286 e. The van der Waals surface area contributed by atoms with Gasteiger partial charge in [-0.25, -0.2) is 8.78 Å². The van der Waals surface area contributed by atoms with E-state index in [-0.39, 0.29) is 34.2 Å². The predicted octanol–water partition coefficient (Wildman–Crippen LogP) is 7.36. The highest BCUT2D eigenvalue weighted by Crippen LogP contribution is 2.45. The van der Waals surface area contributed by atoms with Gasteiger partial charge < -0.3 is 0 Å². The van der Waals surface area contributed by atoms with E-state index in [1.54, 1.807) is 25.1 Å². The lowest BCUT2D eigenvalue weighted by Gasteiger charge is -2.18. The van der Waals surface area contributed by atoms with Gasteiger partial charge in [-0.1, -0.05) is 50.6 Å². The van der Waals surface area contributed by atoms with Gasteiger partial charge in [0.25, 0.3) is 0 Å². The first-order chi connectivity index (χ1) is 14.4. The van der Waals surface area contributed by atoms with Gasteiger partial charge in [-0.2, -0.15) is 9.65 Å². The number of hydrogen-bond donors (Lipinski definition) is 0. The van der Waals surface area contributed by atoms with Crippen molar-refractivity contribution in [2.45, 2.75) is 39.5 Å². The average molecular weight is 408 g/mol. The molecule has 0 saturated heterocycles. The number of nitrogens with zero attached hydrogens (tertiary/aromatic N) is 1. The van der Waals surface area contributed by atoms with Gasteiger partial charge in [0.2, 0.25) is 11.6 Å². The zero-order valence-corrected chi connectivity index (χ0v) is 16.9. The van der Waals surface area contributed by atoms with Crippen molar-refractivity contribution in [2.75, 3.05) is 0 Å². The maximum atomic E-state index is 14.7. The third kappa shape index (κ3) is 3.91. The second-order valence-corrected chi connectivity index (χ2v) is 7.15. The molecule has 0 N–H and O–H groups in total. The molecule has 0 spiro atoms. The van der Waals surface area contributed by atoms with Crippen LogP contribution < -0.4 is 0 Å². The van der Waals surface area contributed by atoms with Crippen molar-refractivity contribution in [3.05, 3.63) is 76.6 Å². The van der Waals surface area contributed by atoms with Crippen LogP contribution in [0.2, 0.25) is 0 Å². The highest BCUT2D eigenvalue weighted by molar-refractivity contribution is 5.90. The van der Waals surface area contributed by atoms with Crippen molar-refractivity contribution in [1.29, 1.82) is 5.26 Å². The van der Waals surface area contributed by atoms with Gasteiger partial charge in [-0.3, -0.25) is 5.11 Å². The summed E-state index contributed by atoms with van der Waals surface area (Å²) in [5.41, 5.74) is 1.80. The highest BCUT2D eigenvalue weighted by atomic mass is 19.2. The van der Waals surface area contributed by atoms with Crippen LogP contribution in [-0.4, -0.2) is 0 Å². The smallest absolute Gasteiger partial charge is 0.225 e. The van der Waals surface area contributed by atoms with E-state index in [0.29, 0.717) is 5.56 Å². The van der Waals surface area contributed by atoms with Gasteiger partial charge in [0.15, 0.2) is 5.82 Å². The third-order valence-electron chi connectivity index (χ3n) is 5.23. The molecule has 0 aromatic heterocycles. The fourth-order valence-corrected chi connectivity index (χ4v) is 3.62.